The number of carbonyl (C=O) groups is 1. The van der Waals surface area contributed by atoms with E-state index in [0.717, 1.165) is 28.3 Å². The molecule has 0 radical (unpaired) electrons. The van der Waals surface area contributed by atoms with Crippen LogP contribution in [0, 0.1) is 13.8 Å². The number of benzene rings is 1. The highest BCUT2D eigenvalue weighted by molar-refractivity contribution is 5.79. The van der Waals surface area contributed by atoms with Gasteiger partial charge in [-0.25, -0.2) is 14.6 Å². The summed E-state index contributed by atoms with van der Waals surface area (Å²) in [6.45, 7) is 5.92. The van der Waals surface area contributed by atoms with Crippen molar-refractivity contribution in [1.29, 1.82) is 0 Å². The second-order valence-electron chi connectivity index (χ2n) is 6.39. The number of amides is 1. The van der Waals surface area contributed by atoms with Crippen LogP contribution in [0.3, 0.4) is 0 Å². The Morgan fingerprint density at radius 3 is 2.58 bits per heavy atom. The topological polar surface area (TPSA) is 63.9 Å². The van der Waals surface area contributed by atoms with Gasteiger partial charge in [-0.2, -0.15) is 5.10 Å². The first-order valence-corrected chi connectivity index (χ1v) is 8.61. The maximum atomic E-state index is 12.8. The Balaban J connectivity index is 1.80. The van der Waals surface area contributed by atoms with Crippen LogP contribution in [0.4, 0.5) is 0 Å². The van der Waals surface area contributed by atoms with E-state index < -0.39 is 0 Å². The molecule has 6 heteroatoms. The van der Waals surface area contributed by atoms with Gasteiger partial charge in [0.05, 0.1) is 29.5 Å². The van der Waals surface area contributed by atoms with Crippen molar-refractivity contribution in [2.45, 2.75) is 33.2 Å². The van der Waals surface area contributed by atoms with Crippen molar-refractivity contribution in [2.75, 3.05) is 7.05 Å². The molecule has 1 atom stereocenters. The summed E-state index contributed by atoms with van der Waals surface area (Å²) in [5.41, 5.74) is 4.66. The summed E-state index contributed by atoms with van der Waals surface area (Å²) in [4.78, 5) is 22.7. The lowest BCUT2D eigenvalue weighted by Gasteiger charge is -2.24. The third-order valence-corrected chi connectivity index (χ3v) is 4.78. The van der Waals surface area contributed by atoms with Crippen molar-refractivity contribution in [3.8, 4) is 5.69 Å². The van der Waals surface area contributed by atoms with Gasteiger partial charge >= 0.3 is 0 Å². The lowest BCUT2D eigenvalue weighted by molar-refractivity contribution is -0.131. The highest BCUT2D eigenvalue weighted by atomic mass is 16.2. The summed E-state index contributed by atoms with van der Waals surface area (Å²) in [7, 11) is 1.81. The molecule has 3 rings (SSSR count). The zero-order valence-electron chi connectivity index (χ0n) is 15.5. The van der Waals surface area contributed by atoms with Gasteiger partial charge in [-0.15, -0.1) is 0 Å². The van der Waals surface area contributed by atoms with E-state index in [-0.39, 0.29) is 11.9 Å². The molecule has 1 amide bonds. The van der Waals surface area contributed by atoms with Gasteiger partial charge in [0.2, 0.25) is 5.91 Å². The molecular weight excluding hydrogens is 326 g/mol. The molecule has 0 bridgehead atoms. The van der Waals surface area contributed by atoms with Crippen molar-refractivity contribution in [3.05, 3.63) is 71.6 Å². The number of para-hydroxylation sites is 1. The molecule has 26 heavy (non-hydrogen) atoms. The lowest BCUT2D eigenvalue weighted by atomic mass is 10.1. The molecule has 0 fully saturated rings. The van der Waals surface area contributed by atoms with Crippen LogP contribution in [0.15, 0.2) is 48.9 Å². The Hall–Kier alpha value is -3.02. The van der Waals surface area contributed by atoms with Crippen LogP contribution in [0.2, 0.25) is 0 Å². The first-order valence-electron chi connectivity index (χ1n) is 8.61. The highest BCUT2D eigenvalue weighted by Crippen LogP contribution is 2.21. The van der Waals surface area contributed by atoms with Gasteiger partial charge < -0.3 is 4.90 Å². The predicted molar refractivity (Wildman–Crippen MR) is 100.0 cm³/mol. The number of aromatic nitrogens is 4. The van der Waals surface area contributed by atoms with E-state index >= 15 is 0 Å². The molecule has 2 aromatic heterocycles. The number of hydrogen-bond donors (Lipinski definition) is 0. The van der Waals surface area contributed by atoms with Gasteiger partial charge in [0, 0.05) is 24.5 Å². The predicted octanol–water partition coefficient (Wildman–Crippen LogP) is 3.04. The van der Waals surface area contributed by atoms with Crippen LogP contribution in [-0.2, 0) is 11.2 Å². The summed E-state index contributed by atoms with van der Waals surface area (Å²) < 4.78 is 1.89. The molecule has 1 aromatic carbocycles. The fraction of sp³-hybridized carbons (Fsp3) is 0.300. The molecule has 0 aliphatic carbocycles. The molecule has 0 aliphatic rings. The van der Waals surface area contributed by atoms with Crippen LogP contribution in [0.1, 0.15) is 35.6 Å². The van der Waals surface area contributed by atoms with Crippen LogP contribution >= 0.6 is 0 Å². The molecule has 0 saturated carbocycles. The minimum Gasteiger partial charge on any atom is -0.337 e. The standard InChI is InChI=1S/C20H23N5O/c1-14-18(15(2)25(23-14)17-8-6-5-7-9-17)12-20(26)24(4)16(3)19-10-11-21-13-22-19/h5-11,13,16H,12H2,1-4H3/t16-/m1/s1. The maximum Gasteiger partial charge on any atom is 0.227 e. The number of hydrogen-bond acceptors (Lipinski definition) is 4. The van der Waals surface area contributed by atoms with Crippen molar-refractivity contribution in [3.63, 3.8) is 0 Å². The summed E-state index contributed by atoms with van der Waals surface area (Å²) in [5.74, 6) is 0.0370. The molecular formula is C20H23N5O. The SMILES string of the molecule is Cc1nn(-c2ccccc2)c(C)c1CC(=O)N(C)[C@H](C)c1ccncn1. The molecule has 6 nitrogen and oxygen atoms in total. The quantitative estimate of drug-likeness (QED) is 0.710. The normalized spacial score (nSPS) is 12.0. The Morgan fingerprint density at radius 1 is 1.19 bits per heavy atom. The van der Waals surface area contributed by atoms with Gasteiger partial charge in [-0.05, 0) is 39.0 Å². The van der Waals surface area contributed by atoms with Crippen LogP contribution in [0.25, 0.3) is 5.69 Å². The molecule has 0 unspecified atom stereocenters. The van der Waals surface area contributed by atoms with Crippen molar-refractivity contribution in [1.82, 2.24) is 24.6 Å². The van der Waals surface area contributed by atoms with Gasteiger partial charge in [-0.3, -0.25) is 4.79 Å². The summed E-state index contributed by atoms with van der Waals surface area (Å²) in [5, 5.41) is 4.62. The largest absolute Gasteiger partial charge is 0.337 e. The summed E-state index contributed by atoms with van der Waals surface area (Å²) in [6.07, 6.45) is 3.51. The van der Waals surface area contributed by atoms with Crippen molar-refractivity contribution in [2.24, 2.45) is 0 Å². The van der Waals surface area contributed by atoms with E-state index in [1.54, 1.807) is 18.1 Å². The number of likely N-dealkylation sites (N-methyl/N-ethyl adjacent to an activating group) is 1. The first-order chi connectivity index (χ1) is 12.5. The second-order valence-corrected chi connectivity index (χ2v) is 6.39. The van der Waals surface area contributed by atoms with Crippen LogP contribution in [-0.4, -0.2) is 37.6 Å². The maximum absolute atomic E-state index is 12.8. The lowest BCUT2D eigenvalue weighted by Crippen LogP contribution is -2.31. The Morgan fingerprint density at radius 2 is 1.92 bits per heavy atom. The second kappa shape index (κ2) is 7.47. The molecule has 0 spiro atoms. The third kappa shape index (κ3) is 3.49. The van der Waals surface area contributed by atoms with Gasteiger partial charge in [0.15, 0.2) is 0 Å². The first kappa shape index (κ1) is 17.8. The smallest absolute Gasteiger partial charge is 0.227 e. The highest BCUT2D eigenvalue weighted by Gasteiger charge is 2.22. The van der Waals surface area contributed by atoms with E-state index in [2.05, 4.69) is 15.1 Å². The van der Waals surface area contributed by atoms with Crippen molar-refractivity contribution >= 4 is 5.91 Å². The average molecular weight is 349 g/mol. The van der Waals surface area contributed by atoms with Gasteiger partial charge in [-0.1, -0.05) is 18.2 Å². The zero-order valence-corrected chi connectivity index (χ0v) is 15.5. The fourth-order valence-electron chi connectivity index (χ4n) is 2.99. The van der Waals surface area contributed by atoms with E-state index in [0.29, 0.717) is 6.42 Å². The van der Waals surface area contributed by atoms with Gasteiger partial charge in [0.25, 0.3) is 0 Å². The Kier molecular flexibility index (Phi) is 5.11. The average Bonchev–Trinajstić information content (AvgIpc) is 2.96. The molecule has 0 aliphatic heterocycles. The van der Waals surface area contributed by atoms with Crippen LogP contribution in [0.5, 0.6) is 0 Å². The van der Waals surface area contributed by atoms with E-state index in [4.69, 9.17) is 0 Å². The Bertz CT molecular complexity index is 889. The summed E-state index contributed by atoms with van der Waals surface area (Å²) in [6, 6.07) is 11.7. The van der Waals surface area contributed by atoms with Crippen molar-refractivity contribution < 1.29 is 4.79 Å². The monoisotopic (exact) mass is 349 g/mol. The minimum absolute atomic E-state index is 0.0370. The van der Waals surface area contributed by atoms with Crippen LogP contribution < -0.4 is 0 Å². The number of rotatable bonds is 5. The van der Waals surface area contributed by atoms with E-state index in [9.17, 15) is 4.79 Å². The zero-order chi connectivity index (χ0) is 18.7. The molecule has 2 heterocycles. The Labute approximate surface area is 153 Å². The van der Waals surface area contributed by atoms with E-state index in [1.165, 1.54) is 6.33 Å². The molecule has 0 saturated heterocycles. The minimum atomic E-state index is -0.115. The molecule has 134 valence electrons. The number of carbonyl (C=O) groups excluding carboxylic acids is 1. The molecule has 3 aromatic rings. The number of aryl methyl sites for hydroxylation is 1. The molecule has 0 N–H and O–H groups in total. The summed E-state index contributed by atoms with van der Waals surface area (Å²) >= 11 is 0. The van der Waals surface area contributed by atoms with Gasteiger partial charge in [0.1, 0.15) is 6.33 Å². The third-order valence-electron chi connectivity index (χ3n) is 4.78. The fourth-order valence-corrected chi connectivity index (χ4v) is 2.99. The number of nitrogens with zero attached hydrogens (tertiary/aromatic N) is 5. The van der Waals surface area contributed by atoms with E-state index in [1.807, 2.05) is 61.9 Å².